The summed E-state index contributed by atoms with van der Waals surface area (Å²) < 4.78 is 4.65. The van der Waals surface area contributed by atoms with Crippen LogP contribution < -0.4 is 0 Å². The van der Waals surface area contributed by atoms with Crippen molar-refractivity contribution in [3.63, 3.8) is 0 Å². The van der Waals surface area contributed by atoms with Crippen molar-refractivity contribution in [2.75, 3.05) is 13.1 Å². The summed E-state index contributed by atoms with van der Waals surface area (Å²) in [6.45, 7) is 3.36. The molecule has 1 saturated heterocycles. The van der Waals surface area contributed by atoms with Crippen molar-refractivity contribution in [1.82, 2.24) is 4.90 Å². The van der Waals surface area contributed by atoms with Crippen molar-refractivity contribution in [3.8, 4) is 0 Å². The zero-order valence-electron chi connectivity index (χ0n) is 17.4. The number of hydrogen-bond donors (Lipinski definition) is 1. The molecule has 0 spiro atoms. The molecule has 0 aromatic heterocycles. The number of nitrogens with zero attached hydrogens (tertiary/aromatic N) is 1. The first-order valence-corrected chi connectivity index (χ1v) is 16.9. The number of carbonyl (C=O) groups is 1. The van der Waals surface area contributed by atoms with Crippen LogP contribution in [0.2, 0.25) is 5.02 Å². The molecular formula is C25H27ClInNO2. The van der Waals surface area contributed by atoms with Crippen LogP contribution in [0, 0.1) is 0 Å². The van der Waals surface area contributed by atoms with Gasteiger partial charge in [-0.1, -0.05) is 0 Å². The van der Waals surface area contributed by atoms with Crippen LogP contribution in [0.1, 0.15) is 30.9 Å². The van der Waals surface area contributed by atoms with E-state index >= 15 is 0 Å². The average Bonchev–Trinajstić information content (AvgIpc) is 3.10. The van der Waals surface area contributed by atoms with Crippen LogP contribution in [0.25, 0.3) is 0 Å². The van der Waals surface area contributed by atoms with E-state index in [4.69, 9.17) is 11.6 Å². The molecule has 2 aliphatic heterocycles. The molecule has 2 heterocycles. The Morgan fingerprint density at radius 2 is 1.77 bits per heavy atom. The van der Waals surface area contributed by atoms with Crippen LogP contribution >= 0.6 is 11.6 Å². The average molecular weight is 524 g/mol. The van der Waals surface area contributed by atoms with E-state index in [1.54, 1.807) is 0 Å². The Morgan fingerprint density at radius 1 is 1.10 bits per heavy atom. The maximum atomic E-state index is 13.2. The molecule has 30 heavy (non-hydrogen) atoms. The van der Waals surface area contributed by atoms with Gasteiger partial charge in [0, 0.05) is 0 Å². The number of piperidine rings is 1. The van der Waals surface area contributed by atoms with E-state index in [0.29, 0.717) is 32.4 Å². The predicted molar refractivity (Wildman–Crippen MR) is 124 cm³/mol. The van der Waals surface area contributed by atoms with E-state index in [0.717, 1.165) is 20.3 Å². The second-order valence-corrected chi connectivity index (χ2v) is 17.1. The molecule has 2 aromatic rings. The number of benzene rings is 2. The summed E-state index contributed by atoms with van der Waals surface area (Å²) in [6.07, 6.45) is 3.94. The molecule has 4 rings (SSSR count). The van der Waals surface area contributed by atoms with Crippen molar-refractivity contribution in [1.29, 1.82) is 0 Å². The molecule has 2 aliphatic rings. The number of aliphatic hydroxyl groups is 1. The SMILES string of the molecule is C[C]1=C(C(=O)N2CCC(O)(Cc3ccccc3)CC2)C=[CH][In]1[CH2]c1ccccc1Cl. The van der Waals surface area contributed by atoms with Gasteiger partial charge in [0.1, 0.15) is 0 Å². The van der Waals surface area contributed by atoms with Crippen molar-refractivity contribution in [2.45, 2.75) is 36.0 Å². The zero-order chi connectivity index (χ0) is 21.1. The first-order valence-electron chi connectivity index (χ1n) is 10.6. The van der Waals surface area contributed by atoms with Crippen molar-refractivity contribution in [3.05, 3.63) is 89.6 Å². The van der Waals surface area contributed by atoms with Gasteiger partial charge in [-0.3, -0.25) is 0 Å². The normalized spacial score (nSPS) is 18.2. The van der Waals surface area contributed by atoms with E-state index in [9.17, 15) is 9.90 Å². The molecule has 154 valence electrons. The molecule has 1 N–H and O–H groups in total. The summed E-state index contributed by atoms with van der Waals surface area (Å²) in [4.78, 5) is 15.1. The number of allylic oxidation sites excluding steroid dienone is 1. The monoisotopic (exact) mass is 523 g/mol. The molecule has 1 fully saturated rings. The maximum absolute atomic E-state index is 13.2. The minimum absolute atomic E-state index is 0.129. The van der Waals surface area contributed by atoms with Gasteiger partial charge in [-0.25, -0.2) is 0 Å². The molecule has 1 amide bonds. The quantitative estimate of drug-likeness (QED) is 0.628. The Morgan fingerprint density at radius 3 is 2.47 bits per heavy atom. The van der Waals surface area contributed by atoms with Crippen LogP contribution in [0.4, 0.5) is 0 Å². The fourth-order valence-electron chi connectivity index (χ4n) is 4.50. The third-order valence-corrected chi connectivity index (χ3v) is 15.3. The summed E-state index contributed by atoms with van der Waals surface area (Å²) >= 11 is 4.20. The molecule has 0 atom stereocenters. The van der Waals surface area contributed by atoms with Gasteiger partial charge >= 0.3 is 192 Å². The Balaban J connectivity index is 1.39. The fraction of sp³-hybridized carbons (Fsp3) is 0.320. The van der Waals surface area contributed by atoms with Crippen LogP contribution in [0.5, 0.6) is 0 Å². The van der Waals surface area contributed by atoms with Crippen LogP contribution in [0.15, 0.2) is 73.4 Å². The number of amides is 1. The number of rotatable bonds is 5. The van der Waals surface area contributed by atoms with E-state index in [-0.39, 0.29) is 5.91 Å². The summed E-state index contributed by atoms with van der Waals surface area (Å²) in [5, 5.41) is 11.8. The summed E-state index contributed by atoms with van der Waals surface area (Å²) in [5.74, 6) is 0.129. The number of carbonyl (C=O) groups excluding carboxylic acids is 1. The van der Waals surface area contributed by atoms with E-state index in [1.165, 1.54) is 8.89 Å². The summed E-state index contributed by atoms with van der Waals surface area (Å²) in [6, 6.07) is 18.1. The first kappa shape index (κ1) is 21.7. The molecule has 0 radical (unpaired) electrons. The topological polar surface area (TPSA) is 40.5 Å². The number of hydrogen-bond acceptors (Lipinski definition) is 2. The number of likely N-dealkylation sites (tertiary alicyclic amines) is 1. The van der Waals surface area contributed by atoms with Gasteiger partial charge in [0.2, 0.25) is 0 Å². The van der Waals surface area contributed by atoms with E-state index in [2.05, 4.69) is 35.0 Å². The van der Waals surface area contributed by atoms with Gasteiger partial charge in [-0.2, -0.15) is 0 Å². The van der Waals surface area contributed by atoms with Gasteiger partial charge < -0.3 is 0 Å². The van der Waals surface area contributed by atoms with Crippen LogP contribution in [-0.4, -0.2) is 56.0 Å². The summed E-state index contributed by atoms with van der Waals surface area (Å²) in [5.41, 5.74) is 2.50. The molecule has 0 unspecified atom stereocenters. The van der Waals surface area contributed by atoms with E-state index < -0.39 is 27.0 Å². The standard InChI is InChI=1S/C18H21NO2.C7H6Cl.In/c1-3-16(4-2)17(20)19-12-10-18(21,11-13-19)14-15-8-6-5-7-9-15;1-6-4-2-3-5-7(6)8;/h1,3,5-9,21H,10-14H2,2H3;2-5H,1H2;. The van der Waals surface area contributed by atoms with Crippen LogP contribution in [-0.2, 0) is 15.4 Å². The van der Waals surface area contributed by atoms with Crippen molar-refractivity contribution >= 4 is 38.9 Å². The first-order chi connectivity index (χ1) is 14.5. The van der Waals surface area contributed by atoms with Crippen LogP contribution in [0.3, 0.4) is 0 Å². The number of halogens is 1. The Hall–Kier alpha value is -1.49. The molecule has 5 heteroatoms. The molecule has 0 saturated carbocycles. The second kappa shape index (κ2) is 9.33. The van der Waals surface area contributed by atoms with Gasteiger partial charge in [0.15, 0.2) is 0 Å². The minimum atomic E-state index is -2.15. The molecular weight excluding hydrogens is 497 g/mol. The van der Waals surface area contributed by atoms with Crippen molar-refractivity contribution < 1.29 is 9.90 Å². The second-order valence-electron chi connectivity index (χ2n) is 8.54. The molecule has 0 bridgehead atoms. The van der Waals surface area contributed by atoms with Gasteiger partial charge in [-0.05, 0) is 0 Å². The Labute approximate surface area is 191 Å². The fourth-order valence-corrected chi connectivity index (χ4v) is 12.5. The molecule has 2 aromatic carbocycles. The Bertz CT molecular complexity index is 978. The zero-order valence-corrected chi connectivity index (χ0v) is 21.4. The predicted octanol–water partition coefficient (Wildman–Crippen LogP) is 4.48. The Kier molecular flexibility index (Phi) is 6.76. The van der Waals surface area contributed by atoms with Gasteiger partial charge in [0.05, 0.1) is 0 Å². The summed E-state index contributed by atoms with van der Waals surface area (Å²) in [7, 11) is 0. The third kappa shape index (κ3) is 4.87. The molecule has 3 nitrogen and oxygen atoms in total. The van der Waals surface area contributed by atoms with Gasteiger partial charge in [0.25, 0.3) is 0 Å². The molecule has 0 aliphatic carbocycles. The third-order valence-electron chi connectivity index (χ3n) is 6.46. The van der Waals surface area contributed by atoms with E-state index in [1.807, 2.05) is 41.3 Å². The van der Waals surface area contributed by atoms with Crippen molar-refractivity contribution in [2.24, 2.45) is 0 Å². The van der Waals surface area contributed by atoms with Gasteiger partial charge in [-0.15, -0.1) is 0 Å².